The van der Waals surface area contributed by atoms with Crippen LogP contribution in [0.15, 0.2) is 36.8 Å². The molecule has 0 saturated carbocycles. The summed E-state index contributed by atoms with van der Waals surface area (Å²) < 4.78 is 0. The highest BCUT2D eigenvalue weighted by atomic mass is 32.2. The first-order valence-electron chi connectivity index (χ1n) is 9.63. The monoisotopic (exact) mass is 449 g/mol. The number of aromatic amines is 1. The number of carboxylic acid groups (broad SMARTS) is 1. The summed E-state index contributed by atoms with van der Waals surface area (Å²) in [5.74, 6) is -1.64. The number of carboxylic acids is 1. The van der Waals surface area contributed by atoms with Crippen LogP contribution in [0.1, 0.15) is 17.7 Å². The highest BCUT2D eigenvalue weighted by molar-refractivity contribution is 7.98. The third-order valence-corrected chi connectivity index (χ3v) is 5.21. The Kier molecular flexibility index (Phi) is 9.35. The zero-order valence-corrected chi connectivity index (χ0v) is 17.9. The highest BCUT2D eigenvalue weighted by Gasteiger charge is 2.28. The van der Waals surface area contributed by atoms with Crippen LogP contribution in [0, 0.1) is 0 Å². The van der Waals surface area contributed by atoms with Gasteiger partial charge >= 0.3 is 5.97 Å². The molecule has 0 aliphatic heterocycles. The molecule has 7 N–H and O–H groups in total. The van der Waals surface area contributed by atoms with Gasteiger partial charge in [-0.25, -0.2) is 9.78 Å². The topological polar surface area (TPSA) is 170 Å². The number of carbonyl (C=O) groups is 3. The smallest absolute Gasteiger partial charge is 0.326 e. The summed E-state index contributed by atoms with van der Waals surface area (Å²) in [6, 6.07) is 3.26. The Morgan fingerprint density at radius 3 is 2.39 bits per heavy atom. The van der Waals surface area contributed by atoms with E-state index >= 15 is 0 Å². The molecular formula is C20H27N5O5S. The lowest BCUT2D eigenvalue weighted by Gasteiger charge is -2.22. The number of H-pyrrole nitrogens is 1. The summed E-state index contributed by atoms with van der Waals surface area (Å²) in [5.41, 5.74) is 7.35. The molecular weight excluding hydrogens is 422 g/mol. The number of carbonyl (C=O) groups excluding carboxylic acids is 2. The van der Waals surface area contributed by atoms with Gasteiger partial charge in [0, 0.05) is 18.3 Å². The van der Waals surface area contributed by atoms with Crippen LogP contribution in [-0.2, 0) is 27.2 Å². The van der Waals surface area contributed by atoms with E-state index in [1.165, 1.54) is 36.4 Å². The van der Waals surface area contributed by atoms with E-state index in [9.17, 15) is 24.6 Å². The molecule has 0 bridgehead atoms. The molecule has 0 spiro atoms. The molecule has 1 heterocycles. The van der Waals surface area contributed by atoms with E-state index in [1.54, 1.807) is 12.1 Å². The lowest BCUT2D eigenvalue weighted by atomic mass is 10.0. The minimum Gasteiger partial charge on any atom is -0.508 e. The Morgan fingerprint density at radius 2 is 1.81 bits per heavy atom. The molecule has 31 heavy (non-hydrogen) atoms. The largest absolute Gasteiger partial charge is 0.508 e. The number of aromatic nitrogens is 2. The van der Waals surface area contributed by atoms with E-state index in [1.807, 2.05) is 6.26 Å². The molecule has 3 atom stereocenters. The molecule has 2 amide bonds. The molecule has 1 aromatic heterocycles. The zero-order valence-electron chi connectivity index (χ0n) is 17.1. The van der Waals surface area contributed by atoms with Crippen LogP contribution in [0.4, 0.5) is 0 Å². The number of hydrogen-bond donors (Lipinski definition) is 6. The number of aliphatic carboxylic acids is 1. The van der Waals surface area contributed by atoms with Gasteiger partial charge in [-0.2, -0.15) is 11.8 Å². The normalized spacial score (nSPS) is 13.7. The van der Waals surface area contributed by atoms with Crippen LogP contribution in [0.3, 0.4) is 0 Å². The van der Waals surface area contributed by atoms with Gasteiger partial charge in [0.25, 0.3) is 0 Å². The summed E-state index contributed by atoms with van der Waals surface area (Å²) in [6.07, 6.45) is 5.37. The number of nitrogens with one attached hydrogen (secondary N) is 3. The molecule has 2 rings (SSSR count). The minimum atomic E-state index is -1.14. The van der Waals surface area contributed by atoms with Crippen molar-refractivity contribution in [2.75, 3.05) is 12.0 Å². The number of benzene rings is 1. The van der Waals surface area contributed by atoms with Crippen molar-refractivity contribution < 1.29 is 24.6 Å². The van der Waals surface area contributed by atoms with Crippen LogP contribution >= 0.6 is 11.8 Å². The standard InChI is InChI=1S/C20H27N5O5S/c1-31-7-6-16(20(29)30)24-19(28)17(9-13-10-22-11-23-13)25-18(27)15(21)8-12-2-4-14(26)5-3-12/h2-5,10-11,15-17,26H,6-9,21H2,1H3,(H,22,23)(H,24,28)(H,25,27)(H,29,30)/t15-,16-,17-/m0/s1. The summed E-state index contributed by atoms with van der Waals surface area (Å²) in [7, 11) is 0. The van der Waals surface area contributed by atoms with Gasteiger partial charge in [0.2, 0.25) is 11.8 Å². The first kappa shape index (κ1) is 24.2. The fourth-order valence-electron chi connectivity index (χ4n) is 2.85. The minimum absolute atomic E-state index is 0.0956. The first-order valence-corrected chi connectivity index (χ1v) is 11.0. The molecule has 2 aromatic rings. The van der Waals surface area contributed by atoms with E-state index in [4.69, 9.17) is 5.73 Å². The molecule has 1 aromatic carbocycles. The van der Waals surface area contributed by atoms with E-state index in [-0.39, 0.29) is 25.0 Å². The zero-order chi connectivity index (χ0) is 22.8. The second kappa shape index (κ2) is 12.0. The Labute approximate surface area is 184 Å². The van der Waals surface area contributed by atoms with Crippen molar-refractivity contribution in [3.8, 4) is 5.75 Å². The van der Waals surface area contributed by atoms with E-state index in [2.05, 4.69) is 20.6 Å². The van der Waals surface area contributed by atoms with Crippen LogP contribution in [0.5, 0.6) is 5.75 Å². The third-order valence-electron chi connectivity index (χ3n) is 4.57. The SMILES string of the molecule is CSCC[C@H](NC(=O)[C@H](Cc1cnc[nH]1)NC(=O)[C@@H](N)Cc1ccc(O)cc1)C(=O)O. The highest BCUT2D eigenvalue weighted by Crippen LogP contribution is 2.11. The number of nitrogens with two attached hydrogens (primary N) is 1. The Hall–Kier alpha value is -3.05. The summed E-state index contributed by atoms with van der Waals surface area (Å²) in [4.78, 5) is 43.7. The van der Waals surface area contributed by atoms with Crippen LogP contribution in [-0.4, -0.2) is 68.1 Å². The fraction of sp³-hybridized carbons (Fsp3) is 0.400. The number of phenolic OH excluding ortho intramolecular Hbond substituents is 1. The maximum atomic E-state index is 12.8. The number of rotatable bonds is 12. The Morgan fingerprint density at radius 1 is 1.13 bits per heavy atom. The average molecular weight is 450 g/mol. The fourth-order valence-corrected chi connectivity index (χ4v) is 3.32. The Bertz CT molecular complexity index is 859. The molecule has 0 saturated heterocycles. The van der Waals surface area contributed by atoms with Crippen LogP contribution in [0.2, 0.25) is 0 Å². The maximum Gasteiger partial charge on any atom is 0.326 e. The van der Waals surface area contributed by atoms with Gasteiger partial charge in [-0.15, -0.1) is 0 Å². The summed E-state index contributed by atoms with van der Waals surface area (Å²) >= 11 is 1.47. The van der Waals surface area contributed by atoms with Gasteiger partial charge in [-0.3, -0.25) is 9.59 Å². The summed E-state index contributed by atoms with van der Waals surface area (Å²) in [5, 5.41) is 23.8. The van der Waals surface area contributed by atoms with E-state index < -0.39 is 35.9 Å². The van der Waals surface area contributed by atoms with Gasteiger partial charge in [-0.05, 0) is 42.5 Å². The predicted octanol–water partition coefficient (Wildman–Crippen LogP) is 0.0351. The van der Waals surface area contributed by atoms with Crippen molar-refractivity contribution in [1.82, 2.24) is 20.6 Å². The maximum absolute atomic E-state index is 12.8. The first-order chi connectivity index (χ1) is 14.8. The van der Waals surface area contributed by atoms with Gasteiger partial charge in [0.1, 0.15) is 17.8 Å². The number of amides is 2. The summed E-state index contributed by atoms with van der Waals surface area (Å²) in [6.45, 7) is 0. The second-order valence-electron chi connectivity index (χ2n) is 7.00. The molecule has 0 fully saturated rings. The molecule has 0 aliphatic carbocycles. The number of thioether (sulfide) groups is 1. The molecule has 0 aliphatic rings. The van der Waals surface area contributed by atoms with Crippen LogP contribution in [0.25, 0.3) is 0 Å². The van der Waals surface area contributed by atoms with Crippen LogP contribution < -0.4 is 16.4 Å². The molecule has 0 radical (unpaired) electrons. The van der Waals surface area contributed by atoms with Crippen molar-refractivity contribution >= 4 is 29.5 Å². The lowest BCUT2D eigenvalue weighted by Crippen LogP contribution is -2.55. The van der Waals surface area contributed by atoms with Crippen molar-refractivity contribution in [1.29, 1.82) is 0 Å². The third kappa shape index (κ3) is 7.95. The molecule has 168 valence electrons. The van der Waals surface area contributed by atoms with Crippen molar-refractivity contribution in [2.24, 2.45) is 5.73 Å². The van der Waals surface area contributed by atoms with Crippen molar-refractivity contribution in [3.63, 3.8) is 0 Å². The average Bonchev–Trinajstić information content (AvgIpc) is 3.25. The molecule has 11 heteroatoms. The Balaban J connectivity index is 2.07. The van der Waals surface area contributed by atoms with E-state index in [0.717, 1.165) is 5.56 Å². The number of hydrogen-bond acceptors (Lipinski definition) is 7. The molecule has 10 nitrogen and oxygen atoms in total. The van der Waals surface area contributed by atoms with Gasteiger partial charge < -0.3 is 31.6 Å². The number of nitrogens with zero attached hydrogens (tertiary/aromatic N) is 1. The number of aromatic hydroxyl groups is 1. The van der Waals surface area contributed by atoms with Gasteiger partial charge in [0.15, 0.2) is 0 Å². The predicted molar refractivity (Wildman–Crippen MR) is 117 cm³/mol. The molecule has 0 unspecified atom stereocenters. The van der Waals surface area contributed by atoms with Gasteiger partial charge in [0.05, 0.1) is 12.4 Å². The lowest BCUT2D eigenvalue weighted by molar-refractivity contribution is -0.142. The van der Waals surface area contributed by atoms with E-state index in [0.29, 0.717) is 11.4 Å². The number of imidazole rings is 1. The van der Waals surface area contributed by atoms with Crippen molar-refractivity contribution in [2.45, 2.75) is 37.4 Å². The number of phenols is 1. The quantitative estimate of drug-likeness (QED) is 0.264. The second-order valence-corrected chi connectivity index (χ2v) is 7.99. The van der Waals surface area contributed by atoms with Crippen molar-refractivity contribution in [3.05, 3.63) is 48.0 Å². The van der Waals surface area contributed by atoms with Gasteiger partial charge in [-0.1, -0.05) is 12.1 Å².